The predicted molar refractivity (Wildman–Crippen MR) is 115 cm³/mol. The molecule has 1 N–H and O–H groups in total. The smallest absolute Gasteiger partial charge is 0.255 e. The Kier molecular flexibility index (Phi) is 6.86. The van der Waals surface area contributed by atoms with Gasteiger partial charge in [0, 0.05) is 22.2 Å². The Morgan fingerprint density at radius 3 is 2.48 bits per heavy atom. The minimum atomic E-state index is -0.320. The molecule has 0 saturated carbocycles. The average Bonchev–Trinajstić information content (AvgIpc) is 2.74. The lowest BCUT2D eigenvalue weighted by molar-refractivity contribution is 0.102. The first kappa shape index (κ1) is 20.8. The Bertz CT molecular complexity index is 1020. The molecule has 0 radical (unpaired) electrons. The summed E-state index contributed by atoms with van der Waals surface area (Å²) in [4.78, 5) is 12.7. The summed E-state index contributed by atoms with van der Waals surface area (Å²) in [6, 6.07) is 17.3. The van der Waals surface area contributed by atoms with E-state index >= 15 is 0 Å². The number of carbonyl (C=O) groups excluding carboxylic acids is 1. The molecule has 0 aromatic heterocycles. The third kappa shape index (κ3) is 5.34. The van der Waals surface area contributed by atoms with Gasteiger partial charge in [-0.3, -0.25) is 4.79 Å². The topological polar surface area (TPSA) is 56.8 Å². The first-order valence-corrected chi connectivity index (χ1v) is 9.46. The Labute approximate surface area is 179 Å². The van der Waals surface area contributed by atoms with Gasteiger partial charge in [0.15, 0.2) is 0 Å². The van der Waals surface area contributed by atoms with E-state index in [0.29, 0.717) is 38.5 Å². The van der Waals surface area contributed by atoms with Gasteiger partial charge in [-0.25, -0.2) is 0 Å². The Morgan fingerprint density at radius 2 is 1.72 bits per heavy atom. The van der Waals surface area contributed by atoms with Crippen LogP contribution in [0.2, 0.25) is 10.0 Å². The van der Waals surface area contributed by atoms with E-state index < -0.39 is 0 Å². The van der Waals surface area contributed by atoms with Crippen molar-refractivity contribution in [3.05, 3.63) is 81.8 Å². The van der Waals surface area contributed by atoms with E-state index in [0.717, 1.165) is 5.56 Å². The summed E-state index contributed by atoms with van der Waals surface area (Å²) in [5.74, 6) is 1.64. The molecule has 0 atom stereocenters. The maximum absolute atomic E-state index is 12.7. The van der Waals surface area contributed by atoms with Gasteiger partial charge in [-0.15, -0.1) is 0 Å². The number of nitrogens with one attached hydrogen (secondary N) is 1. The van der Waals surface area contributed by atoms with Crippen LogP contribution >= 0.6 is 23.2 Å². The second-order valence-corrected chi connectivity index (χ2v) is 6.92. The number of benzene rings is 3. The van der Waals surface area contributed by atoms with E-state index in [4.69, 9.17) is 37.4 Å². The van der Waals surface area contributed by atoms with Crippen LogP contribution in [0.15, 0.2) is 60.7 Å². The summed E-state index contributed by atoms with van der Waals surface area (Å²) >= 11 is 12.1. The first-order valence-electron chi connectivity index (χ1n) is 8.70. The van der Waals surface area contributed by atoms with Gasteiger partial charge >= 0.3 is 0 Å². The van der Waals surface area contributed by atoms with Crippen LogP contribution in [-0.2, 0) is 6.61 Å². The number of amides is 1. The lowest BCUT2D eigenvalue weighted by Crippen LogP contribution is -2.13. The van der Waals surface area contributed by atoms with E-state index in [-0.39, 0.29) is 12.5 Å². The van der Waals surface area contributed by atoms with Gasteiger partial charge in [0.2, 0.25) is 0 Å². The summed E-state index contributed by atoms with van der Waals surface area (Å²) in [5.41, 5.74) is 1.60. The quantitative estimate of drug-likeness (QED) is 0.510. The van der Waals surface area contributed by atoms with Crippen LogP contribution in [0.3, 0.4) is 0 Å². The van der Waals surface area contributed by atoms with E-state index in [1.165, 1.54) is 0 Å². The van der Waals surface area contributed by atoms with Crippen molar-refractivity contribution in [1.29, 1.82) is 0 Å². The maximum atomic E-state index is 12.7. The molecule has 0 spiro atoms. The van der Waals surface area contributed by atoms with Crippen molar-refractivity contribution in [3.63, 3.8) is 0 Å². The zero-order chi connectivity index (χ0) is 20.8. The molecule has 3 aromatic rings. The molecular weight excluding hydrogens is 413 g/mol. The molecule has 7 heteroatoms. The van der Waals surface area contributed by atoms with Crippen LogP contribution in [0.1, 0.15) is 15.9 Å². The lowest BCUT2D eigenvalue weighted by atomic mass is 10.1. The minimum absolute atomic E-state index is 0.218. The van der Waals surface area contributed by atoms with E-state index in [1.54, 1.807) is 56.7 Å². The second-order valence-electron chi connectivity index (χ2n) is 6.07. The summed E-state index contributed by atoms with van der Waals surface area (Å²) < 4.78 is 16.4. The molecule has 5 nitrogen and oxygen atoms in total. The van der Waals surface area contributed by atoms with Crippen LogP contribution in [0.5, 0.6) is 17.2 Å². The molecule has 3 aromatic carbocycles. The maximum Gasteiger partial charge on any atom is 0.255 e. The number of halogens is 2. The minimum Gasteiger partial charge on any atom is -0.497 e. The number of hydrogen-bond acceptors (Lipinski definition) is 4. The van der Waals surface area contributed by atoms with Crippen molar-refractivity contribution in [2.24, 2.45) is 0 Å². The lowest BCUT2D eigenvalue weighted by Gasteiger charge is -2.13. The van der Waals surface area contributed by atoms with E-state index in [1.807, 2.05) is 18.2 Å². The number of anilines is 1. The summed E-state index contributed by atoms with van der Waals surface area (Å²) in [5, 5.41) is 3.65. The fourth-order valence-corrected chi connectivity index (χ4v) is 3.01. The van der Waals surface area contributed by atoms with Crippen molar-refractivity contribution in [2.45, 2.75) is 6.61 Å². The number of carbonyl (C=O) groups is 1. The summed E-state index contributed by atoms with van der Waals surface area (Å²) in [7, 11) is 3.16. The number of hydrogen-bond donors (Lipinski definition) is 1. The zero-order valence-corrected chi connectivity index (χ0v) is 17.4. The molecule has 0 heterocycles. The van der Waals surface area contributed by atoms with Gasteiger partial charge < -0.3 is 19.5 Å². The normalized spacial score (nSPS) is 10.3. The number of rotatable bonds is 7. The molecule has 0 unspecified atom stereocenters. The summed E-state index contributed by atoms with van der Waals surface area (Å²) in [6.45, 7) is 0.218. The van der Waals surface area contributed by atoms with Crippen LogP contribution < -0.4 is 19.5 Å². The van der Waals surface area contributed by atoms with Gasteiger partial charge in [0.25, 0.3) is 5.91 Å². The molecule has 150 valence electrons. The number of methoxy groups -OCH3 is 2. The Morgan fingerprint density at radius 1 is 0.931 bits per heavy atom. The van der Waals surface area contributed by atoms with Gasteiger partial charge in [-0.05, 0) is 48.5 Å². The third-order valence-electron chi connectivity index (χ3n) is 4.15. The predicted octanol–water partition coefficient (Wildman–Crippen LogP) is 5.84. The fourth-order valence-electron chi connectivity index (χ4n) is 2.67. The van der Waals surface area contributed by atoms with Crippen molar-refractivity contribution in [1.82, 2.24) is 0 Å². The van der Waals surface area contributed by atoms with Crippen LogP contribution in [0.4, 0.5) is 5.69 Å². The molecule has 1 amide bonds. The highest BCUT2D eigenvalue weighted by Gasteiger charge is 2.13. The van der Waals surface area contributed by atoms with E-state index in [2.05, 4.69) is 5.32 Å². The Balaban J connectivity index is 1.78. The van der Waals surface area contributed by atoms with Gasteiger partial charge in [0.05, 0.1) is 24.9 Å². The Hall–Kier alpha value is -2.89. The highest BCUT2D eigenvalue weighted by Crippen LogP contribution is 2.27. The highest BCUT2D eigenvalue weighted by molar-refractivity contribution is 6.35. The van der Waals surface area contributed by atoms with Gasteiger partial charge in [-0.1, -0.05) is 29.3 Å². The first-order chi connectivity index (χ1) is 14.0. The van der Waals surface area contributed by atoms with Gasteiger partial charge in [0.1, 0.15) is 23.9 Å². The standard InChI is InChI=1S/C22H19Cl2NO4/c1-27-17-4-3-5-18(12-17)29-13-15-10-14(6-9-21(15)28-2)22(26)25-20-11-16(23)7-8-19(20)24/h3-12H,13H2,1-2H3,(H,25,26). The molecule has 29 heavy (non-hydrogen) atoms. The average molecular weight is 432 g/mol. The van der Waals surface area contributed by atoms with E-state index in [9.17, 15) is 4.79 Å². The monoisotopic (exact) mass is 431 g/mol. The molecule has 0 aliphatic carbocycles. The van der Waals surface area contributed by atoms with Crippen molar-refractivity contribution >= 4 is 34.8 Å². The zero-order valence-electron chi connectivity index (χ0n) is 15.9. The van der Waals surface area contributed by atoms with Crippen LogP contribution in [-0.4, -0.2) is 20.1 Å². The summed E-state index contributed by atoms with van der Waals surface area (Å²) in [6.07, 6.45) is 0. The largest absolute Gasteiger partial charge is 0.497 e. The van der Waals surface area contributed by atoms with Crippen molar-refractivity contribution in [3.8, 4) is 17.2 Å². The second kappa shape index (κ2) is 9.54. The highest BCUT2D eigenvalue weighted by atomic mass is 35.5. The van der Waals surface area contributed by atoms with Crippen molar-refractivity contribution < 1.29 is 19.0 Å². The molecular formula is C22H19Cl2NO4. The third-order valence-corrected chi connectivity index (χ3v) is 4.72. The SMILES string of the molecule is COc1cccc(OCc2cc(C(=O)Nc3cc(Cl)ccc3Cl)ccc2OC)c1. The number of ether oxygens (including phenoxy) is 3. The van der Waals surface area contributed by atoms with Crippen LogP contribution in [0, 0.1) is 0 Å². The molecule has 0 bridgehead atoms. The van der Waals surface area contributed by atoms with Gasteiger partial charge in [-0.2, -0.15) is 0 Å². The van der Waals surface area contributed by atoms with Crippen molar-refractivity contribution in [2.75, 3.05) is 19.5 Å². The molecule has 0 aliphatic rings. The molecule has 0 aliphatic heterocycles. The fraction of sp³-hybridized carbons (Fsp3) is 0.136. The molecule has 3 rings (SSSR count). The molecule has 0 fully saturated rings. The molecule has 0 saturated heterocycles. The van der Waals surface area contributed by atoms with Crippen LogP contribution in [0.25, 0.3) is 0 Å².